The van der Waals surface area contributed by atoms with E-state index in [9.17, 15) is 4.79 Å². The lowest BCUT2D eigenvalue weighted by atomic mass is 10.1. The Morgan fingerprint density at radius 3 is 2.27 bits per heavy atom. The highest BCUT2D eigenvalue weighted by Crippen LogP contribution is 2.20. The number of ether oxygens (including phenoxy) is 2. The number of amides is 1. The van der Waals surface area contributed by atoms with Gasteiger partial charge in [0.25, 0.3) is 0 Å². The molecule has 0 aliphatic heterocycles. The zero-order valence-electron chi connectivity index (χ0n) is 17.6. The van der Waals surface area contributed by atoms with Gasteiger partial charge in [-0.3, -0.25) is 4.79 Å². The first-order chi connectivity index (χ1) is 14.6. The number of benzene rings is 2. The maximum atomic E-state index is 12.2. The van der Waals surface area contributed by atoms with Gasteiger partial charge in [0.15, 0.2) is 0 Å². The van der Waals surface area contributed by atoms with E-state index in [0.29, 0.717) is 24.6 Å². The molecule has 1 N–H and O–H groups in total. The molecule has 3 aromatic rings. The van der Waals surface area contributed by atoms with Gasteiger partial charge in [-0.05, 0) is 61.7 Å². The minimum absolute atomic E-state index is 0.0265. The molecule has 1 unspecified atom stereocenters. The second-order valence-corrected chi connectivity index (χ2v) is 7.10. The first-order valence-corrected chi connectivity index (χ1v) is 9.96. The van der Waals surface area contributed by atoms with E-state index in [4.69, 9.17) is 14.0 Å². The Balaban J connectivity index is 1.42. The number of rotatable bonds is 10. The van der Waals surface area contributed by atoms with Crippen LogP contribution in [0.2, 0.25) is 0 Å². The summed E-state index contributed by atoms with van der Waals surface area (Å²) in [7, 11) is 3.27. The van der Waals surface area contributed by atoms with Crippen molar-refractivity contribution in [2.75, 3.05) is 14.2 Å². The van der Waals surface area contributed by atoms with E-state index in [1.54, 1.807) is 14.2 Å². The lowest BCUT2D eigenvalue weighted by Crippen LogP contribution is -2.33. The number of hydrogen-bond donors (Lipinski definition) is 1. The van der Waals surface area contributed by atoms with Gasteiger partial charge in [0.05, 0.1) is 14.2 Å². The third kappa shape index (κ3) is 6.07. The summed E-state index contributed by atoms with van der Waals surface area (Å²) in [6.45, 7) is 2.01. The Morgan fingerprint density at radius 2 is 1.63 bits per heavy atom. The molecule has 7 heteroatoms. The zero-order chi connectivity index (χ0) is 21.3. The first kappa shape index (κ1) is 21.4. The lowest BCUT2D eigenvalue weighted by Gasteiger charge is -2.13. The molecule has 7 nitrogen and oxygen atoms in total. The summed E-state index contributed by atoms with van der Waals surface area (Å²) in [5.41, 5.74) is 2.05. The summed E-state index contributed by atoms with van der Waals surface area (Å²) < 4.78 is 15.6. The smallest absolute Gasteiger partial charge is 0.227 e. The average Bonchev–Trinajstić information content (AvgIpc) is 3.26. The summed E-state index contributed by atoms with van der Waals surface area (Å²) in [4.78, 5) is 16.6. The second-order valence-electron chi connectivity index (χ2n) is 7.10. The number of carbonyl (C=O) groups excluding carboxylic acids is 1. The predicted molar refractivity (Wildman–Crippen MR) is 114 cm³/mol. The highest BCUT2D eigenvalue weighted by atomic mass is 16.5. The number of aromatic nitrogens is 2. The van der Waals surface area contributed by atoms with Gasteiger partial charge >= 0.3 is 0 Å². The predicted octanol–water partition coefficient (Wildman–Crippen LogP) is 3.82. The number of nitrogens with zero attached hydrogens (tertiary/aromatic N) is 2. The van der Waals surface area contributed by atoms with E-state index in [-0.39, 0.29) is 11.9 Å². The molecule has 0 spiro atoms. The van der Waals surface area contributed by atoms with Gasteiger partial charge in [0, 0.05) is 24.4 Å². The van der Waals surface area contributed by atoms with Crippen LogP contribution < -0.4 is 14.8 Å². The van der Waals surface area contributed by atoms with E-state index in [0.717, 1.165) is 29.9 Å². The fraction of sp³-hybridized carbons (Fsp3) is 0.348. The van der Waals surface area contributed by atoms with Crippen molar-refractivity contribution in [2.45, 2.75) is 38.6 Å². The Kier molecular flexibility index (Phi) is 7.43. The summed E-state index contributed by atoms with van der Waals surface area (Å²) in [5.74, 6) is 2.53. The molecule has 0 aliphatic carbocycles. The van der Waals surface area contributed by atoms with Crippen LogP contribution in [0.4, 0.5) is 0 Å². The number of hydrogen-bond acceptors (Lipinski definition) is 6. The molecule has 0 saturated heterocycles. The average molecular weight is 409 g/mol. The van der Waals surface area contributed by atoms with Crippen LogP contribution in [0.15, 0.2) is 53.1 Å². The van der Waals surface area contributed by atoms with Crippen molar-refractivity contribution in [3.8, 4) is 22.9 Å². The Labute approximate surface area is 176 Å². The quantitative estimate of drug-likeness (QED) is 0.548. The minimum Gasteiger partial charge on any atom is -0.497 e. The van der Waals surface area contributed by atoms with Crippen LogP contribution in [0.5, 0.6) is 11.5 Å². The van der Waals surface area contributed by atoms with Gasteiger partial charge in [-0.1, -0.05) is 17.3 Å². The van der Waals surface area contributed by atoms with Crippen molar-refractivity contribution >= 4 is 5.91 Å². The molecule has 3 rings (SSSR count). The topological polar surface area (TPSA) is 86.5 Å². The molecule has 0 aliphatic rings. The normalized spacial score (nSPS) is 11.7. The van der Waals surface area contributed by atoms with Crippen LogP contribution in [0, 0.1) is 0 Å². The van der Waals surface area contributed by atoms with E-state index >= 15 is 0 Å². The molecule has 30 heavy (non-hydrogen) atoms. The van der Waals surface area contributed by atoms with Crippen LogP contribution in [-0.2, 0) is 17.6 Å². The van der Waals surface area contributed by atoms with Crippen molar-refractivity contribution < 1.29 is 18.8 Å². The Morgan fingerprint density at radius 1 is 1.00 bits per heavy atom. The standard InChI is InChI=1S/C23H27N3O4/c1-16(4-5-17-6-10-19(28-2)11-7-17)24-21(27)14-15-22-25-23(26-30-22)18-8-12-20(29-3)13-9-18/h6-13,16H,4-5,14-15H2,1-3H3,(H,24,27). The van der Waals surface area contributed by atoms with E-state index in [2.05, 4.69) is 15.5 Å². The monoisotopic (exact) mass is 409 g/mol. The minimum atomic E-state index is -0.0265. The molecule has 158 valence electrons. The van der Waals surface area contributed by atoms with Crippen LogP contribution in [-0.4, -0.2) is 36.3 Å². The maximum Gasteiger partial charge on any atom is 0.227 e. The van der Waals surface area contributed by atoms with Gasteiger partial charge in [-0.15, -0.1) is 0 Å². The van der Waals surface area contributed by atoms with Crippen molar-refractivity contribution in [1.29, 1.82) is 0 Å². The van der Waals surface area contributed by atoms with E-state index in [1.807, 2.05) is 55.5 Å². The number of aryl methyl sites for hydroxylation is 2. The molecular formula is C23H27N3O4. The van der Waals surface area contributed by atoms with Crippen molar-refractivity contribution in [2.24, 2.45) is 0 Å². The molecule has 1 amide bonds. The summed E-state index contributed by atoms with van der Waals surface area (Å²) in [6, 6.07) is 15.5. The van der Waals surface area contributed by atoms with Gasteiger partial charge in [-0.25, -0.2) is 0 Å². The van der Waals surface area contributed by atoms with Gasteiger partial charge < -0.3 is 19.3 Å². The lowest BCUT2D eigenvalue weighted by molar-refractivity contribution is -0.121. The molecule has 2 aromatic carbocycles. The largest absolute Gasteiger partial charge is 0.497 e. The molecule has 0 bridgehead atoms. The SMILES string of the molecule is COc1ccc(CCC(C)NC(=O)CCc2nc(-c3ccc(OC)cc3)no2)cc1. The van der Waals surface area contributed by atoms with Gasteiger partial charge in [0.1, 0.15) is 11.5 Å². The molecule has 1 atom stereocenters. The maximum absolute atomic E-state index is 12.2. The van der Waals surface area contributed by atoms with Crippen molar-refractivity contribution in [3.63, 3.8) is 0 Å². The number of carbonyl (C=O) groups is 1. The van der Waals surface area contributed by atoms with Crippen LogP contribution in [0.25, 0.3) is 11.4 Å². The summed E-state index contributed by atoms with van der Waals surface area (Å²) >= 11 is 0. The summed E-state index contributed by atoms with van der Waals surface area (Å²) in [6.07, 6.45) is 2.46. The van der Waals surface area contributed by atoms with Crippen LogP contribution >= 0.6 is 0 Å². The fourth-order valence-corrected chi connectivity index (χ4v) is 3.03. The molecule has 1 aromatic heterocycles. The van der Waals surface area contributed by atoms with Crippen LogP contribution in [0.3, 0.4) is 0 Å². The highest BCUT2D eigenvalue weighted by molar-refractivity contribution is 5.76. The fourth-order valence-electron chi connectivity index (χ4n) is 3.03. The highest BCUT2D eigenvalue weighted by Gasteiger charge is 2.12. The first-order valence-electron chi connectivity index (χ1n) is 9.96. The second kappa shape index (κ2) is 10.4. The molecule has 0 fully saturated rings. The van der Waals surface area contributed by atoms with Crippen molar-refractivity contribution in [3.05, 3.63) is 60.0 Å². The molecule has 0 saturated carbocycles. The molecule has 0 radical (unpaired) electrons. The third-order valence-corrected chi connectivity index (χ3v) is 4.81. The number of methoxy groups -OCH3 is 2. The van der Waals surface area contributed by atoms with Gasteiger partial charge in [0.2, 0.25) is 17.6 Å². The van der Waals surface area contributed by atoms with Crippen LogP contribution in [0.1, 0.15) is 31.2 Å². The van der Waals surface area contributed by atoms with Crippen molar-refractivity contribution in [1.82, 2.24) is 15.5 Å². The Hall–Kier alpha value is -3.35. The van der Waals surface area contributed by atoms with Gasteiger partial charge in [-0.2, -0.15) is 4.98 Å². The van der Waals surface area contributed by atoms with E-state index in [1.165, 1.54) is 5.56 Å². The number of nitrogens with one attached hydrogen (secondary N) is 1. The Bertz CT molecular complexity index is 936. The molecular weight excluding hydrogens is 382 g/mol. The summed E-state index contributed by atoms with van der Waals surface area (Å²) in [5, 5.41) is 7.02. The zero-order valence-corrected chi connectivity index (χ0v) is 17.6. The third-order valence-electron chi connectivity index (χ3n) is 4.81. The molecule has 1 heterocycles. The van der Waals surface area contributed by atoms with E-state index < -0.39 is 0 Å².